The summed E-state index contributed by atoms with van der Waals surface area (Å²) in [6.07, 6.45) is 1.32. The molecule has 2 aromatic rings. The van der Waals surface area contributed by atoms with E-state index in [4.69, 9.17) is 9.47 Å². The van der Waals surface area contributed by atoms with Gasteiger partial charge in [0.2, 0.25) is 0 Å². The summed E-state index contributed by atoms with van der Waals surface area (Å²) in [6, 6.07) is 12.6. The van der Waals surface area contributed by atoms with Crippen LogP contribution in [0.15, 0.2) is 42.5 Å². The van der Waals surface area contributed by atoms with Crippen molar-refractivity contribution in [2.24, 2.45) is 0 Å². The molecule has 7 heteroatoms. The third-order valence-corrected chi connectivity index (χ3v) is 5.66. The topological polar surface area (TPSA) is 93.1 Å². The van der Waals surface area contributed by atoms with Gasteiger partial charge in [-0.15, -0.1) is 0 Å². The first-order valence-corrected chi connectivity index (χ1v) is 9.48. The second-order valence-electron chi connectivity index (χ2n) is 7.33. The van der Waals surface area contributed by atoms with E-state index in [9.17, 15) is 19.5 Å². The maximum absolute atomic E-state index is 12.4. The van der Waals surface area contributed by atoms with E-state index in [2.05, 4.69) is 0 Å². The Bertz CT molecular complexity index is 947. The van der Waals surface area contributed by atoms with Crippen molar-refractivity contribution in [1.82, 2.24) is 4.90 Å². The molecule has 1 spiro atoms. The zero-order valence-corrected chi connectivity index (χ0v) is 15.8. The van der Waals surface area contributed by atoms with Crippen LogP contribution >= 0.6 is 0 Å². The zero-order chi connectivity index (χ0) is 20.4. The van der Waals surface area contributed by atoms with Crippen molar-refractivity contribution in [3.05, 3.63) is 70.3 Å². The van der Waals surface area contributed by atoms with E-state index in [0.717, 1.165) is 16.7 Å². The molecule has 1 saturated heterocycles. The van der Waals surface area contributed by atoms with Crippen molar-refractivity contribution in [1.29, 1.82) is 0 Å². The molecule has 2 heterocycles. The van der Waals surface area contributed by atoms with Crippen LogP contribution < -0.4 is 0 Å². The SMILES string of the molecule is O=Cc1cc2c(cc1C(=O)O)COC21CCN(C(=O)OCc2ccccc2)CC1. The predicted octanol–water partition coefficient (Wildman–Crippen LogP) is 3.36. The summed E-state index contributed by atoms with van der Waals surface area (Å²) in [6.45, 7) is 1.45. The molecule has 1 N–H and O–H groups in total. The Labute approximate surface area is 167 Å². The molecular weight excluding hydrogens is 374 g/mol. The summed E-state index contributed by atoms with van der Waals surface area (Å²) in [5.74, 6) is -1.13. The molecule has 0 saturated carbocycles. The van der Waals surface area contributed by atoms with Gasteiger partial charge in [-0.1, -0.05) is 30.3 Å². The van der Waals surface area contributed by atoms with Crippen molar-refractivity contribution >= 4 is 18.3 Å². The smallest absolute Gasteiger partial charge is 0.410 e. The van der Waals surface area contributed by atoms with Crippen LogP contribution in [-0.2, 0) is 28.3 Å². The van der Waals surface area contributed by atoms with Crippen LogP contribution in [0.3, 0.4) is 0 Å². The normalized spacial score (nSPS) is 17.0. The van der Waals surface area contributed by atoms with Crippen LogP contribution in [-0.4, -0.2) is 41.4 Å². The Morgan fingerprint density at radius 2 is 1.90 bits per heavy atom. The molecule has 0 radical (unpaired) electrons. The lowest BCUT2D eigenvalue weighted by Gasteiger charge is -2.38. The number of carbonyl (C=O) groups excluding carboxylic acids is 2. The summed E-state index contributed by atoms with van der Waals surface area (Å²) < 4.78 is 11.5. The fourth-order valence-electron chi connectivity index (χ4n) is 4.06. The molecule has 0 atom stereocenters. The Balaban J connectivity index is 1.44. The number of benzene rings is 2. The van der Waals surface area contributed by atoms with Gasteiger partial charge in [-0.05, 0) is 41.7 Å². The number of hydrogen-bond donors (Lipinski definition) is 1. The highest BCUT2D eigenvalue weighted by molar-refractivity contribution is 5.97. The van der Waals surface area contributed by atoms with Gasteiger partial charge < -0.3 is 19.5 Å². The summed E-state index contributed by atoms with van der Waals surface area (Å²) in [5, 5.41) is 9.30. The van der Waals surface area contributed by atoms with Crippen molar-refractivity contribution in [3.63, 3.8) is 0 Å². The highest BCUT2D eigenvalue weighted by atomic mass is 16.6. The van der Waals surface area contributed by atoms with Gasteiger partial charge in [-0.2, -0.15) is 0 Å². The Morgan fingerprint density at radius 1 is 1.17 bits per heavy atom. The molecule has 2 aliphatic heterocycles. The maximum Gasteiger partial charge on any atom is 0.410 e. The number of hydrogen-bond acceptors (Lipinski definition) is 5. The van der Waals surface area contributed by atoms with E-state index >= 15 is 0 Å². The van der Waals surface area contributed by atoms with E-state index < -0.39 is 11.6 Å². The van der Waals surface area contributed by atoms with Gasteiger partial charge >= 0.3 is 12.1 Å². The number of nitrogens with zero attached hydrogens (tertiary/aromatic N) is 1. The van der Waals surface area contributed by atoms with Gasteiger partial charge in [-0.25, -0.2) is 9.59 Å². The van der Waals surface area contributed by atoms with Gasteiger partial charge in [0.1, 0.15) is 6.61 Å². The molecule has 150 valence electrons. The summed E-state index contributed by atoms with van der Waals surface area (Å²) in [5.41, 5.74) is 2.10. The van der Waals surface area contributed by atoms with Crippen LogP contribution in [0.1, 0.15) is 50.2 Å². The van der Waals surface area contributed by atoms with Gasteiger partial charge in [0.25, 0.3) is 0 Å². The monoisotopic (exact) mass is 395 g/mol. The van der Waals surface area contributed by atoms with Crippen LogP contribution in [0.5, 0.6) is 0 Å². The molecule has 4 rings (SSSR count). The van der Waals surface area contributed by atoms with Crippen LogP contribution in [0, 0.1) is 0 Å². The number of carboxylic acid groups (broad SMARTS) is 1. The number of aldehydes is 1. The summed E-state index contributed by atoms with van der Waals surface area (Å²) >= 11 is 0. The number of carboxylic acids is 1. The third-order valence-electron chi connectivity index (χ3n) is 5.66. The average molecular weight is 395 g/mol. The number of amides is 1. The largest absolute Gasteiger partial charge is 0.478 e. The number of carbonyl (C=O) groups is 3. The number of piperidine rings is 1. The van der Waals surface area contributed by atoms with Gasteiger partial charge in [0.15, 0.2) is 6.29 Å². The molecule has 0 aromatic heterocycles. The quantitative estimate of drug-likeness (QED) is 0.798. The molecule has 29 heavy (non-hydrogen) atoms. The predicted molar refractivity (Wildman–Crippen MR) is 103 cm³/mol. The highest BCUT2D eigenvalue weighted by Crippen LogP contribution is 2.45. The Hall–Kier alpha value is -3.19. The molecular formula is C22H21NO6. The third kappa shape index (κ3) is 3.61. The van der Waals surface area contributed by atoms with E-state index in [1.807, 2.05) is 30.3 Å². The minimum Gasteiger partial charge on any atom is -0.478 e. The fraction of sp³-hybridized carbons (Fsp3) is 0.318. The van der Waals surface area contributed by atoms with E-state index in [-0.39, 0.29) is 23.8 Å². The number of ether oxygens (including phenoxy) is 2. The minimum absolute atomic E-state index is 0.0127. The van der Waals surface area contributed by atoms with Gasteiger partial charge in [0.05, 0.1) is 17.8 Å². The molecule has 7 nitrogen and oxygen atoms in total. The summed E-state index contributed by atoms with van der Waals surface area (Å²) in [7, 11) is 0. The second kappa shape index (κ2) is 7.67. The number of likely N-dealkylation sites (tertiary alicyclic amines) is 1. The second-order valence-corrected chi connectivity index (χ2v) is 7.33. The van der Waals surface area contributed by atoms with Crippen LogP contribution in [0.25, 0.3) is 0 Å². The number of rotatable bonds is 4. The molecule has 1 amide bonds. The average Bonchev–Trinajstić information content (AvgIpc) is 3.09. The van der Waals surface area contributed by atoms with Gasteiger partial charge in [0, 0.05) is 18.7 Å². The first-order valence-electron chi connectivity index (χ1n) is 9.48. The lowest BCUT2D eigenvalue weighted by Crippen LogP contribution is -2.45. The van der Waals surface area contributed by atoms with Crippen molar-refractivity contribution in [2.45, 2.75) is 31.7 Å². The number of aromatic carboxylic acids is 1. The van der Waals surface area contributed by atoms with Crippen LogP contribution in [0.4, 0.5) is 4.79 Å². The van der Waals surface area contributed by atoms with Crippen molar-refractivity contribution in [3.8, 4) is 0 Å². The molecule has 0 aliphatic carbocycles. The fourth-order valence-corrected chi connectivity index (χ4v) is 4.06. The Morgan fingerprint density at radius 3 is 2.55 bits per heavy atom. The van der Waals surface area contributed by atoms with Crippen molar-refractivity contribution in [2.75, 3.05) is 13.1 Å². The first-order chi connectivity index (χ1) is 14.0. The molecule has 1 fully saturated rings. The molecule has 2 aliphatic rings. The van der Waals surface area contributed by atoms with Crippen molar-refractivity contribution < 1.29 is 29.0 Å². The lowest BCUT2D eigenvalue weighted by atomic mass is 9.82. The van der Waals surface area contributed by atoms with E-state index in [0.29, 0.717) is 38.8 Å². The Kier molecular flexibility index (Phi) is 5.07. The summed E-state index contributed by atoms with van der Waals surface area (Å²) in [4.78, 5) is 36.8. The lowest BCUT2D eigenvalue weighted by molar-refractivity contribution is -0.0766. The van der Waals surface area contributed by atoms with E-state index in [1.54, 1.807) is 11.0 Å². The number of fused-ring (bicyclic) bond motifs is 2. The minimum atomic E-state index is -1.13. The highest BCUT2D eigenvalue weighted by Gasteiger charge is 2.44. The van der Waals surface area contributed by atoms with E-state index in [1.165, 1.54) is 6.07 Å². The molecule has 0 bridgehead atoms. The molecule has 0 unspecified atom stereocenters. The molecule has 2 aromatic carbocycles. The first kappa shape index (κ1) is 19.1. The van der Waals surface area contributed by atoms with Gasteiger partial charge in [-0.3, -0.25) is 4.79 Å². The standard InChI is InChI=1S/C22H21NO6/c24-12-16-11-19-17(10-18(16)20(25)26)14-29-22(19)6-8-23(9-7-22)21(27)28-13-15-4-2-1-3-5-15/h1-5,10-12H,6-9,13-14H2,(H,25,26). The maximum atomic E-state index is 12.4. The zero-order valence-electron chi connectivity index (χ0n) is 15.8. The van der Waals surface area contributed by atoms with Crippen LogP contribution in [0.2, 0.25) is 0 Å².